The first-order valence-electron chi connectivity index (χ1n) is 11.1. The molecule has 3 aromatic carbocycles. The maximum absolute atomic E-state index is 14.5. The van der Waals surface area contributed by atoms with Gasteiger partial charge in [0.15, 0.2) is 6.10 Å². The molecule has 1 aliphatic heterocycles. The summed E-state index contributed by atoms with van der Waals surface area (Å²) < 4.78 is 30.7. The second-order valence-electron chi connectivity index (χ2n) is 8.05. The van der Waals surface area contributed by atoms with Gasteiger partial charge in [0.05, 0.1) is 13.2 Å². The van der Waals surface area contributed by atoms with Gasteiger partial charge in [-0.05, 0) is 48.2 Å². The third-order valence-corrected chi connectivity index (χ3v) is 5.83. The second kappa shape index (κ2) is 10.4. The molecule has 0 aromatic heterocycles. The molecular formula is C27H26FNO5. The Morgan fingerprint density at radius 1 is 1.03 bits per heavy atom. The van der Waals surface area contributed by atoms with E-state index in [4.69, 9.17) is 14.2 Å². The van der Waals surface area contributed by atoms with E-state index >= 15 is 0 Å². The lowest BCUT2D eigenvalue weighted by Gasteiger charge is -2.37. The molecule has 0 bridgehead atoms. The van der Waals surface area contributed by atoms with Crippen molar-refractivity contribution in [3.05, 3.63) is 101 Å². The van der Waals surface area contributed by atoms with Crippen LogP contribution in [0.1, 0.15) is 35.2 Å². The first kappa shape index (κ1) is 23.3. The number of amides is 1. The van der Waals surface area contributed by atoms with Gasteiger partial charge < -0.3 is 14.2 Å². The predicted molar refractivity (Wildman–Crippen MR) is 124 cm³/mol. The molecule has 0 aliphatic carbocycles. The van der Waals surface area contributed by atoms with Crippen molar-refractivity contribution in [2.24, 2.45) is 0 Å². The highest BCUT2D eigenvalue weighted by Crippen LogP contribution is 2.40. The fraction of sp³-hybridized carbons (Fsp3) is 0.259. The predicted octanol–water partition coefficient (Wildman–Crippen LogP) is 5.05. The van der Waals surface area contributed by atoms with E-state index in [2.05, 4.69) is 0 Å². The van der Waals surface area contributed by atoms with Gasteiger partial charge in [0.25, 0.3) is 0 Å². The van der Waals surface area contributed by atoms with Gasteiger partial charge in [-0.3, -0.25) is 4.90 Å². The number of hydrogen-bond acceptors (Lipinski definition) is 5. The number of carbonyl (C=O) groups is 2. The molecule has 34 heavy (non-hydrogen) atoms. The number of nitrogens with zero attached hydrogens (tertiary/aromatic N) is 1. The molecule has 0 N–H and O–H groups in total. The van der Waals surface area contributed by atoms with E-state index in [1.54, 1.807) is 11.8 Å². The first-order valence-corrected chi connectivity index (χ1v) is 11.1. The minimum absolute atomic E-state index is 0.121. The third-order valence-electron chi connectivity index (χ3n) is 5.83. The Morgan fingerprint density at radius 3 is 2.53 bits per heavy atom. The van der Waals surface area contributed by atoms with Crippen molar-refractivity contribution in [1.29, 1.82) is 0 Å². The number of esters is 1. The normalized spacial score (nSPS) is 15.7. The summed E-state index contributed by atoms with van der Waals surface area (Å²) in [6, 6.07) is 20.5. The van der Waals surface area contributed by atoms with Crippen molar-refractivity contribution in [1.82, 2.24) is 4.90 Å². The van der Waals surface area contributed by atoms with Crippen LogP contribution >= 0.6 is 0 Å². The molecule has 0 saturated heterocycles. The Balaban J connectivity index is 1.70. The summed E-state index contributed by atoms with van der Waals surface area (Å²) in [6.07, 6.45) is -0.789. The summed E-state index contributed by atoms with van der Waals surface area (Å²) in [4.78, 5) is 26.8. The second-order valence-corrected chi connectivity index (χ2v) is 8.05. The highest BCUT2D eigenvalue weighted by atomic mass is 19.1. The maximum Gasteiger partial charge on any atom is 0.410 e. The summed E-state index contributed by atoms with van der Waals surface area (Å²) in [5.41, 5.74) is 3.20. The van der Waals surface area contributed by atoms with Crippen LogP contribution in [0.25, 0.3) is 0 Å². The van der Waals surface area contributed by atoms with E-state index in [-0.39, 0.29) is 6.61 Å². The van der Waals surface area contributed by atoms with Crippen LogP contribution in [0, 0.1) is 5.82 Å². The van der Waals surface area contributed by atoms with Gasteiger partial charge in [-0.25, -0.2) is 14.0 Å². The van der Waals surface area contributed by atoms with Gasteiger partial charge in [0, 0.05) is 12.1 Å². The van der Waals surface area contributed by atoms with Crippen LogP contribution in [0.3, 0.4) is 0 Å². The molecule has 176 valence electrons. The highest BCUT2D eigenvalue weighted by Gasteiger charge is 2.35. The number of benzene rings is 3. The zero-order valence-electron chi connectivity index (χ0n) is 19.1. The van der Waals surface area contributed by atoms with Crippen LogP contribution in [0.5, 0.6) is 5.75 Å². The van der Waals surface area contributed by atoms with E-state index in [0.29, 0.717) is 24.3 Å². The van der Waals surface area contributed by atoms with E-state index in [0.717, 1.165) is 16.7 Å². The molecule has 0 spiro atoms. The van der Waals surface area contributed by atoms with Crippen LogP contribution in [0.15, 0.2) is 72.8 Å². The SMILES string of the molecule is COC(=O)[C@@H](C)Oc1ccc(F)cc1C1c2ccccc2CCN1C(=O)OCc1ccccc1. The lowest BCUT2D eigenvalue weighted by Crippen LogP contribution is -2.41. The minimum atomic E-state index is -0.911. The molecule has 1 aliphatic rings. The van der Waals surface area contributed by atoms with Gasteiger partial charge in [0.1, 0.15) is 18.2 Å². The number of methoxy groups -OCH3 is 1. The topological polar surface area (TPSA) is 65.1 Å². The molecular weight excluding hydrogens is 437 g/mol. The van der Waals surface area contributed by atoms with Crippen molar-refractivity contribution < 1.29 is 28.2 Å². The van der Waals surface area contributed by atoms with Gasteiger partial charge in [0.2, 0.25) is 0 Å². The number of ether oxygens (including phenoxy) is 3. The number of carbonyl (C=O) groups excluding carboxylic acids is 2. The zero-order valence-corrected chi connectivity index (χ0v) is 19.1. The van der Waals surface area contributed by atoms with Crippen LogP contribution in [0.2, 0.25) is 0 Å². The van der Waals surface area contributed by atoms with Gasteiger partial charge >= 0.3 is 12.1 Å². The molecule has 6 nitrogen and oxygen atoms in total. The van der Waals surface area contributed by atoms with Crippen LogP contribution in [-0.2, 0) is 27.3 Å². The average molecular weight is 464 g/mol. The molecule has 0 saturated carbocycles. The summed E-state index contributed by atoms with van der Waals surface area (Å²) in [6.45, 7) is 2.06. The van der Waals surface area contributed by atoms with E-state index in [9.17, 15) is 14.0 Å². The summed E-state index contributed by atoms with van der Waals surface area (Å²) in [7, 11) is 1.27. The van der Waals surface area contributed by atoms with Crippen molar-refractivity contribution in [3.8, 4) is 5.75 Å². The average Bonchev–Trinajstić information content (AvgIpc) is 2.87. The van der Waals surface area contributed by atoms with E-state index in [1.165, 1.54) is 25.3 Å². The Kier molecular flexibility index (Phi) is 7.11. The van der Waals surface area contributed by atoms with Crippen molar-refractivity contribution in [3.63, 3.8) is 0 Å². The standard InChI is InChI=1S/C27H26FNO5/c1-18(26(30)32-2)34-24-13-12-21(28)16-23(24)25-22-11-7-6-10-20(22)14-15-29(25)27(31)33-17-19-8-4-3-5-9-19/h3-13,16,18,25H,14-15,17H2,1-2H3/t18-,25?/m1/s1. The van der Waals surface area contributed by atoms with Gasteiger partial charge in [-0.1, -0.05) is 54.6 Å². The molecule has 3 aromatic rings. The maximum atomic E-state index is 14.5. The van der Waals surface area contributed by atoms with E-state index < -0.39 is 30.0 Å². The Morgan fingerprint density at radius 2 is 1.76 bits per heavy atom. The fourth-order valence-electron chi connectivity index (χ4n) is 4.15. The number of fused-ring (bicyclic) bond motifs is 1. The monoisotopic (exact) mass is 463 g/mol. The lowest BCUT2D eigenvalue weighted by molar-refractivity contribution is -0.147. The molecule has 0 fully saturated rings. The molecule has 7 heteroatoms. The molecule has 0 radical (unpaired) electrons. The highest BCUT2D eigenvalue weighted by molar-refractivity contribution is 5.74. The number of rotatable bonds is 6. The van der Waals surface area contributed by atoms with Crippen molar-refractivity contribution in [2.45, 2.75) is 32.1 Å². The molecule has 1 unspecified atom stereocenters. The summed E-state index contributed by atoms with van der Waals surface area (Å²) in [5.74, 6) is -0.742. The molecule has 1 amide bonds. The van der Waals surface area contributed by atoms with Gasteiger partial charge in [-0.15, -0.1) is 0 Å². The van der Waals surface area contributed by atoms with Crippen LogP contribution < -0.4 is 4.74 Å². The van der Waals surface area contributed by atoms with Crippen molar-refractivity contribution in [2.75, 3.05) is 13.7 Å². The number of hydrogen-bond donors (Lipinski definition) is 0. The minimum Gasteiger partial charge on any atom is -0.479 e. The van der Waals surface area contributed by atoms with Crippen molar-refractivity contribution >= 4 is 12.1 Å². The first-order chi connectivity index (χ1) is 16.5. The lowest BCUT2D eigenvalue weighted by atomic mass is 9.88. The Bertz CT molecular complexity index is 1170. The quantitative estimate of drug-likeness (QED) is 0.479. The number of halogens is 1. The van der Waals surface area contributed by atoms with Gasteiger partial charge in [-0.2, -0.15) is 0 Å². The zero-order chi connectivity index (χ0) is 24.1. The summed E-state index contributed by atoms with van der Waals surface area (Å²) >= 11 is 0. The molecule has 4 rings (SSSR count). The summed E-state index contributed by atoms with van der Waals surface area (Å²) in [5, 5.41) is 0. The third kappa shape index (κ3) is 5.03. The largest absolute Gasteiger partial charge is 0.479 e. The van der Waals surface area contributed by atoms with Crippen LogP contribution in [0.4, 0.5) is 9.18 Å². The smallest absolute Gasteiger partial charge is 0.410 e. The van der Waals surface area contributed by atoms with E-state index in [1.807, 2.05) is 54.6 Å². The fourth-order valence-corrected chi connectivity index (χ4v) is 4.15. The Hall–Kier alpha value is -3.87. The van der Waals surface area contributed by atoms with Crippen LogP contribution in [-0.4, -0.2) is 36.7 Å². The molecule has 1 heterocycles. The molecule has 2 atom stereocenters. The Labute approximate surface area is 197 Å².